The van der Waals surface area contributed by atoms with Crippen LogP contribution in [0.4, 0.5) is 11.5 Å². The van der Waals surface area contributed by atoms with Gasteiger partial charge in [0.1, 0.15) is 11.6 Å². The number of pyridine rings is 2. The number of nitrogens with one attached hydrogen (secondary N) is 1. The Bertz CT molecular complexity index is 621. The van der Waals surface area contributed by atoms with Crippen LogP contribution in [0.3, 0.4) is 0 Å². The maximum absolute atomic E-state index is 10.8. The largest absolute Gasteiger partial charge is 0.437 e. The third kappa shape index (κ3) is 3.29. The Kier molecular flexibility index (Phi) is 3.76. The second-order valence-electron chi connectivity index (χ2n) is 3.50. The zero-order valence-corrected chi connectivity index (χ0v) is 10.6. The van der Waals surface area contributed by atoms with Crippen LogP contribution in [0.5, 0.6) is 11.6 Å². The van der Waals surface area contributed by atoms with E-state index in [-0.39, 0.29) is 11.6 Å². The van der Waals surface area contributed by atoms with Crippen LogP contribution in [0.25, 0.3) is 0 Å². The first-order chi connectivity index (χ1) is 9.08. The lowest BCUT2D eigenvalue weighted by Crippen LogP contribution is -1.98. The van der Waals surface area contributed by atoms with Crippen molar-refractivity contribution in [3.8, 4) is 11.6 Å². The van der Waals surface area contributed by atoms with Crippen LogP contribution >= 0.6 is 11.6 Å². The predicted molar refractivity (Wildman–Crippen MR) is 69.8 cm³/mol. The molecule has 1 N–H and O–H groups in total. The molecule has 0 aliphatic heterocycles. The van der Waals surface area contributed by atoms with Crippen molar-refractivity contribution in [1.82, 2.24) is 9.97 Å². The molecule has 0 aromatic carbocycles. The highest BCUT2D eigenvalue weighted by Gasteiger charge is 2.12. The molecule has 0 aliphatic carbocycles. The summed E-state index contributed by atoms with van der Waals surface area (Å²) < 4.78 is 5.39. The van der Waals surface area contributed by atoms with Gasteiger partial charge in [0.2, 0.25) is 5.88 Å². The summed E-state index contributed by atoms with van der Waals surface area (Å²) in [6.07, 6.45) is 2.89. The van der Waals surface area contributed by atoms with Gasteiger partial charge in [0.15, 0.2) is 0 Å². The molecule has 0 bridgehead atoms. The molecule has 0 radical (unpaired) electrons. The van der Waals surface area contributed by atoms with E-state index in [1.165, 1.54) is 30.6 Å². The van der Waals surface area contributed by atoms with Crippen molar-refractivity contribution in [3.05, 3.63) is 45.7 Å². The summed E-state index contributed by atoms with van der Waals surface area (Å²) in [5.41, 5.74) is -0.121. The minimum atomic E-state index is -0.522. The SMILES string of the molecule is CNc1cc([N+](=O)[O-])cc(Oc2cncc(Cl)c2)n1. The van der Waals surface area contributed by atoms with E-state index in [1.807, 2.05) is 0 Å². The number of rotatable bonds is 4. The van der Waals surface area contributed by atoms with Gasteiger partial charge in [-0.2, -0.15) is 4.98 Å². The summed E-state index contributed by atoms with van der Waals surface area (Å²) in [7, 11) is 1.61. The number of nitro groups is 1. The van der Waals surface area contributed by atoms with Gasteiger partial charge in [-0.15, -0.1) is 0 Å². The van der Waals surface area contributed by atoms with Crippen molar-refractivity contribution in [2.75, 3.05) is 12.4 Å². The Hall–Kier alpha value is -2.41. The molecule has 0 saturated carbocycles. The molecule has 0 amide bonds. The van der Waals surface area contributed by atoms with Crippen LogP contribution in [-0.2, 0) is 0 Å². The van der Waals surface area contributed by atoms with Crippen LogP contribution in [0, 0.1) is 10.1 Å². The van der Waals surface area contributed by atoms with Crippen molar-refractivity contribution in [2.24, 2.45) is 0 Å². The van der Waals surface area contributed by atoms with E-state index in [0.29, 0.717) is 16.6 Å². The minimum absolute atomic E-state index is 0.0858. The molecular formula is C11H9ClN4O3. The van der Waals surface area contributed by atoms with Gasteiger partial charge in [-0.3, -0.25) is 15.1 Å². The highest BCUT2D eigenvalue weighted by Crippen LogP contribution is 2.26. The van der Waals surface area contributed by atoms with Gasteiger partial charge < -0.3 is 10.1 Å². The monoisotopic (exact) mass is 280 g/mol. The van der Waals surface area contributed by atoms with E-state index >= 15 is 0 Å². The van der Waals surface area contributed by atoms with Gasteiger partial charge in [-0.05, 0) is 0 Å². The molecule has 2 rings (SSSR count). The van der Waals surface area contributed by atoms with Crippen LogP contribution in [0.15, 0.2) is 30.6 Å². The molecule has 7 nitrogen and oxygen atoms in total. The first-order valence-electron chi connectivity index (χ1n) is 5.21. The third-order valence-corrected chi connectivity index (χ3v) is 2.36. The van der Waals surface area contributed by atoms with E-state index in [0.717, 1.165) is 0 Å². The summed E-state index contributed by atoms with van der Waals surface area (Å²) in [5.74, 6) is 0.768. The van der Waals surface area contributed by atoms with E-state index in [1.54, 1.807) is 7.05 Å². The predicted octanol–water partition coefficient (Wildman–Crippen LogP) is 2.87. The third-order valence-electron chi connectivity index (χ3n) is 2.16. The van der Waals surface area contributed by atoms with Gasteiger partial charge in [0, 0.05) is 19.3 Å². The van der Waals surface area contributed by atoms with Crippen molar-refractivity contribution < 1.29 is 9.66 Å². The zero-order valence-electron chi connectivity index (χ0n) is 9.83. The second kappa shape index (κ2) is 5.49. The average Bonchev–Trinajstić information content (AvgIpc) is 2.38. The molecule has 0 saturated heterocycles. The van der Waals surface area contributed by atoms with E-state index in [4.69, 9.17) is 16.3 Å². The van der Waals surface area contributed by atoms with Gasteiger partial charge >= 0.3 is 0 Å². The zero-order chi connectivity index (χ0) is 13.8. The fourth-order valence-electron chi connectivity index (χ4n) is 1.35. The standard InChI is InChI=1S/C11H9ClN4O3/c1-13-10-3-8(16(17)18)4-11(15-10)19-9-2-7(12)5-14-6-9/h2-6H,1H3,(H,13,15). The number of hydrogen-bond acceptors (Lipinski definition) is 6. The molecule has 0 fully saturated rings. The number of aromatic nitrogens is 2. The van der Waals surface area contributed by atoms with E-state index < -0.39 is 4.92 Å². The molecule has 0 unspecified atom stereocenters. The number of nitrogens with zero attached hydrogens (tertiary/aromatic N) is 3. The number of hydrogen-bond donors (Lipinski definition) is 1. The molecule has 2 aromatic rings. The Balaban J connectivity index is 2.34. The van der Waals surface area contributed by atoms with E-state index in [2.05, 4.69) is 15.3 Å². The molecule has 98 valence electrons. The molecular weight excluding hydrogens is 272 g/mol. The van der Waals surface area contributed by atoms with Gasteiger partial charge in [0.05, 0.1) is 28.3 Å². The minimum Gasteiger partial charge on any atom is -0.437 e. The first-order valence-corrected chi connectivity index (χ1v) is 5.59. The average molecular weight is 281 g/mol. The van der Waals surface area contributed by atoms with Crippen molar-refractivity contribution in [1.29, 1.82) is 0 Å². The summed E-state index contributed by atoms with van der Waals surface area (Å²) in [6.45, 7) is 0. The van der Waals surface area contributed by atoms with Crippen LogP contribution in [-0.4, -0.2) is 21.9 Å². The Morgan fingerprint density at radius 2 is 2.16 bits per heavy atom. The van der Waals surface area contributed by atoms with Gasteiger partial charge in [0.25, 0.3) is 5.69 Å². The molecule has 8 heteroatoms. The summed E-state index contributed by atoms with van der Waals surface area (Å²) >= 11 is 5.77. The Labute approximate surface area is 113 Å². The normalized spacial score (nSPS) is 10.0. The second-order valence-corrected chi connectivity index (χ2v) is 3.93. The van der Waals surface area contributed by atoms with Crippen molar-refractivity contribution in [2.45, 2.75) is 0 Å². The van der Waals surface area contributed by atoms with Crippen molar-refractivity contribution >= 4 is 23.1 Å². The summed E-state index contributed by atoms with van der Waals surface area (Å²) in [6, 6.07) is 4.07. The number of ether oxygens (including phenoxy) is 1. The quantitative estimate of drug-likeness (QED) is 0.684. The fraction of sp³-hybridized carbons (Fsp3) is 0.0909. The van der Waals surface area contributed by atoms with E-state index in [9.17, 15) is 10.1 Å². The Morgan fingerprint density at radius 3 is 2.79 bits per heavy atom. The van der Waals surface area contributed by atoms with Gasteiger partial charge in [-0.1, -0.05) is 11.6 Å². The number of halogens is 1. The van der Waals surface area contributed by atoms with Crippen LogP contribution in [0.2, 0.25) is 5.02 Å². The first kappa shape index (κ1) is 13.0. The van der Waals surface area contributed by atoms with Crippen LogP contribution in [0.1, 0.15) is 0 Å². The fourth-order valence-corrected chi connectivity index (χ4v) is 1.51. The smallest absolute Gasteiger partial charge is 0.278 e. The lowest BCUT2D eigenvalue weighted by Gasteiger charge is -2.06. The summed E-state index contributed by atoms with van der Waals surface area (Å²) in [5, 5.41) is 13.9. The molecule has 0 spiro atoms. The number of anilines is 1. The Morgan fingerprint density at radius 1 is 1.37 bits per heavy atom. The van der Waals surface area contributed by atoms with Crippen molar-refractivity contribution in [3.63, 3.8) is 0 Å². The highest BCUT2D eigenvalue weighted by atomic mass is 35.5. The molecule has 0 aliphatic rings. The highest BCUT2D eigenvalue weighted by molar-refractivity contribution is 6.30. The molecule has 2 aromatic heterocycles. The summed E-state index contributed by atoms with van der Waals surface area (Å²) in [4.78, 5) is 18.2. The molecule has 2 heterocycles. The lowest BCUT2D eigenvalue weighted by atomic mass is 10.4. The molecule has 0 atom stereocenters. The maximum atomic E-state index is 10.8. The lowest BCUT2D eigenvalue weighted by molar-refractivity contribution is -0.384. The topological polar surface area (TPSA) is 90.2 Å². The van der Waals surface area contributed by atoms with Gasteiger partial charge in [-0.25, -0.2) is 0 Å². The maximum Gasteiger partial charge on any atom is 0.278 e. The molecule has 19 heavy (non-hydrogen) atoms. The van der Waals surface area contributed by atoms with Crippen LogP contribution < -0.4 is 10.1 Å².